The van der Waals surface area contributed by atoms with E-state index in [0.29, 0.717) is 36.5 Å². The van der Waals surface area contributed by atoms with Gasteiger partial charge in [-0.1, -0.05) is 42.5 Å². The zero-order chi connectivity index (χ0) is 29.5. The van der Waals surface area contributed by atoms with Gasteiger partial charge < -0.3 is 24.2 Å². The summed E-state index contributed by atoms with van der Waals surface area (Å²) in [6.07, 6.45) is 0.568. The first-order chi connectivity index (χ1) is 20.3. The van der Waals surface area contributed by atoms with E-state index < -0.39 is 21.5 Å². The van der Waals surface area contributed by atoms with Crippen molar-refractivity contribution >= 4 is 27.3 Å². The first-order valence-electron chi connectivity index (χ1n) is 14.2. The number of fused-ring (bicyclic) bond motifs is 3. The van der Waals surface area contributed by atoms with E-state index in [1.165, 1.54) is 4.90 Å². The molecular weight excluding hydrogens is 554 g/mol. The number of amides is 2. The second-order valence-corrected chi connectivity index (χ2v) is 12.8. The van der Waals surface area contributed by atoms with E-state index >= 15 is 0 Å². The van der Waals surface area contributed by atoms with E-state index in [0.717, 1.165) is 29.9 Å². The molecule has 0 spiro atoms. The number of anilines is 1. The minimum absolute atomic E-state index is 0.156. The van der Waals surface area contributed by atoms with Gasteiger partial charge in [0, 0.05) is 56.5 Å². The minimum Gasteiger partial charge on any atom is -0.491 e. The van der Waals surface area contributed by atoms with Crippen molar-refractivity contribution in [3.05, 3.63) is 95.1 Å². The Hall–Kier alpha value is -3.89. The molecule has 0 aromatic heterocycles. The Morgan fingerprint density at radius 1 is 0.857 bits per heavy atom. The van der Waals surface area contributed by atoms with Crippen molar-refractivity contribution in [3.8, 4) is 5.75 Å². The van der Waals surface area contributed by atoms with Crippen LogP contribution in [0.25, 0.3) is 0 Å². The highest BCUT2D eigenvalue weighted by molar-refractivity contribution is 7.91. The summed E-state index contributed by atoms with van der Waals surface area (Å²) in [6, 6.07) is 22.5. The summed E-state index contributed by atoms with van der Waals surface area (Å²) >= 11 is 0. The Morgan fingerprint density at radius 3 is 2.43 bits per heavy atom. The Balaban J connectivity index is 1.39. The molecule has 0 saturated carbocycles. The van der Waals surface area contributed by atoms with Gasteiger partial charge in [0.2, 0.25) is 5.91 Å². The molecule has 42 heavy (non-hydrogen) atoms. The molecule has 2 aliphatic rings. The van der Waals surface area contributed by atoms with Crippen LogP contribution in [0.4, 0.5) is 5.69 Å². The predicted molar refractivity (Wildman–Crippen MR) is 162 cm³/mol. The van der Waals surface area contributed by atoms with E-state index in [1.807, 2.05) is 36.4 Å². The molecule has 2 bridgehead atoms. The van der Waals surface area contributed by atoms with Crippen LogP contribution in [0.2, 0.25) is 0 Å². The fourth-order valence-electron chi connectivity index (χ4n) is 5.28. The number of morpholine rings is 1. The van der Waals surface area contributed by atoms with Crippen molar-refractivity contribution in [2.24, 2.45) is 0 Å². The highest BCUT2D eigenvalue weighted by Crippen LogP contribution is 2.29. The van der Waals surface area contributed by atoms with E-state index in [1.54, 1.807) is 42.3 Å². The van der Waals surface area contributed by atoms with E-state index in [9.17, 15) is 18.0 Å². The number of rotatable bonds is 5. The molecule has 3 aromatic rings. The van der Waals surface area contributed by atoms with Crippen LogP contribution in [0.15, 0.2) is 72.8 Å². The van der Waals surface area contributed by atoms with Gasteiger partial charge >= 0.3 is 0 Å². The molecule has 2 heterocycles. The summed E-state index contributed by atoms with van der Waals surface area (Å²) in [6.45, 7) is 3.79. The third-order valence-electron chi connectivity index (χ3n) is 7.59. The molecule has 0 unspecified atom stereocenters. The molecule has 3 aromatic carbocycles. The Bertz CT molecular complexity index is 1510. The van der Waals surface area contributed by atoms with Crippen LogP contribution in [0.1, 0.15) is 27.0 Å². The van der Waals surface area contributed by atoms with Crippen molar-refractivity contribution in [2.75, 3.05) is 70.2 Å². The molecule has 9 nitrogen and oxygen atoms in total. The molecule has 0 N–H and O–H groups in total. The molecular formula is C32H37N3O6S. The number of hydrogen-bond acceptors (Lipinski definition) is 7. The quantitative estimate of drug-likeness (QED) is 0.450. The van der Waals surface area contributed by atoms with Crippen LogP contribution in [0, 0.1) is 0 Å². The number of carbonyl (C=O) groups is 2. The average molecular weight is 592 g/mol. The lowest BCUT2D eigenvalue weighted by Crippen LogP contribution is -2.43. The molecule has 2 aliphatic heterocycles. The molecule has 222 valence electrons. The van der Waals surface area contributed by atoms with Crippen molar-refractivity contribution in [3.63, 3.8) is 0 Å². The maximum absolute atomic E-state index is 13.3. The summed E-state index contributed by atoms with van der Waals surface area (Å²) in [5, 5.41) is 0. The second-order valence-electron chi connectivity index (χ2n) is 10.7. The Morgan fingerprint density at radius 2 is 1.64 bits per heavy atom. The van der Waals surface area contributed by atoms with Crippen LogP contribution in [0.5, 0.6) is 5.75 Å². The standard InChI is InChI=1S/C32H37N3O6S/c1-33-12-13-35(31(36)24-42(38,39)23-25-6-3-2-4-7-25)16-19-41-30-11-10-29(34-14-17-40-18-15-34)22-28(30)21-26-8-5-9-27(20-26)32(33)37/h2-11,20,22H,12-19,21,23-24H2,1H3. The zero-order valence-corrected chi connectivity index (χ0v) is 24.7. The van der Waals surface area contributed by atoms with Crippen LogP contribution in [-0.4, -0.2) is 95.4 Å². The van der Waals surface area contributed by atoms with Crippen molar-refractivity contribution < 1.29 is 27.5 Å². The first kappa shape index (κ1) is 29.6. The van der Waals surface area contributed by atoms with E-state index in [-0.39, 0.29) is 37.9 Å². The second kappa shape index (κ2) is 13.4. The number of carbonyl (C=O) groups excluding carboxylic acids is 2. The topological polar surface area (TPSA) is 96.5 Å². The van der Waals surface area contributed by atoms with Crippen LogP contribution < -0.4 is 9.64 Å². The van der Waals surface area contributed by atoms with Crippen LogP contribution >= 0.6 is 0 Å². The lowest BCUT2D eigenvalue weighted by molar-refractivity contribution is -0.129. The highest BCUT2D eigenvalue weighted by atomic mass is 32.2. The average Bonchev–Trinajstić information content (AvgIpc) is 2.99. The van der Waals surface area contributed by atoms with Crippen molar-refractivity contribution in [2.45, 2.75) is 12.2 Å². The summed E-state index contributed by atoms with van der Waals surface area (Å²) in [5.74, 6) is -0.788. The monoisotopic (exact) mass is 591 g/mol. The number of ether oxygens (including phenoxy) is 2. The minimum atomic E-state index is -3.69. The summed E-state index contributed by atoms with van der Waals surface area (Å²) in [4.78, 5) is 31.9. The van der Waals surface area contributed by atoms with Gasteiger partial charge in [0.15, 0.2) is 9.84 Å². The zero-order valence-electron chi connectivity index (χ0n) is 23.9. The summed E-state index contributed by atoms with van der Waals surface area (Å²) in [5.41, 5.74) is 4.24. The maximum Gasteiger partial charge on any atom is 0.253 e. The van der Waals surface area contributed by atoms with Gasteiger partial charge in [-0.15, -0.1) is 0 Å². The van der Waals surface area contributed by atoms with E-state index in [4.69, 9.17) is 9.47 Å². The van der Waals surface area contributed by atoms with Gasteiger partial charge in [0.1, 0.15) is 18.1 Å². The predicted octanol–water partition coefficient (Wildman–Crippen LogP) is 3.02. The van der Waals surface area contributed by atoms with Gasteiger partial charge in [0.25, 0.3) is 5.91 Å². The largest absolute Gasteiger partial charge is 0.491 e. The number of benzene rings is 3. The molecule has 0 radical (unpaired) electrons. The molecule has 10 heteroatoms. The molecule has 5 rings (SSSR count). The fraction of sp³-hybridized carbons (Fsp3) is 0.375. The summed E-state index contributed by atoms with van der Waals surface area (Å²) in [7, 11) is -2.00. The number of sulfone groups is 1. The van der Waals surface area contributed by atoms with Crippen LogP contribution in [-0.2, 0) is 31.5 Å². The Kier molecular flexibility index (Phi) is 9.44. The number of nitrogens with zero attached hydrogens (tertiary/aromatic N) is 3. The smallest absolute Gasteiger partial charge is 0.253 e. The lowest BCUT2D eigenvalue weighted by atomic mass is 10.0. The van der Waals surface area contributed by atoms with Gasteiger partial charge in [-0.3, -0.25) is 9.59 Å². The highest BCUT2D eigenvalue weighted by Gasteiger charge is 2.24. The third-order valence-corrected chi connectivity index (χ3v) is 9.05. The molecule has 0 atom stereocenters. The molecule has 1 saturated heterocycles. The van der Waals surface area contributed by atoms with Gasteiger partial charge in [-0.05, 0) is 41.5 Å². The maximum atomic E-state index is 13.3. The number of likely N-dealkylation sites (N-methyl/N-ethyl adjacent to an activating group) is 1. The Labute approximate surface area is 247 Å². The van der Waals surface area contributed by atoms with Crippen molar-refractivity contribution in [1.82, 2.24) is 9.80 Å². The third kappa shape index (κ3) is 7.68. The van der Waals surface area contributed by atoms with Crippen molar-refractivity contribution in [1.29, 1.82) is 0 Å². The first-order valence-corrected chi connectivity index (χ1v) is 16.0. The SMILES string of the molecule is CN1CCN(C(=O)CS(=O)(=O)Cc2ccccc2)CCOc2ccc(N3CCOCC3)cc2Cc2cccc(c2)C1=O. The van der Waals surface area contributed by atoms with E-state index in [2.05, 4.69) is 11.0 Å². The normalized spacial score (nSPS) is 16.8. The van der Waals surface area contributed by atoms with Gasteiger partial charge in [0.05, 0.1) is 25.5 Å². The van der Waals surface area contributed by atoms with Gasteiger partial charge in [-0.2, -0.15) is 0 Å². The number of hydrogen-bond donors (Lipinski definition) is 0. The fourth-order valence-corrected chi connectivity index (χ4v) is 6.64. The molecule has 2 amide bonds. The van der Waals surface area contributed by atoms with Crippen LogP contribution in [0.3, 0.4) is 0 Å². The molecule has 0 aliphatic carbocycles. The summed E-state index contributed by atoms with van der Waals surface area (Å²) < 4.78 is 37.5. The molecule has 1 fully saturated rings. The lowest BCUT2D eigenvalue weighted by Gasteiger charge is -2.30. The van der Waals surface area contributed by atoms with Gasteiger partial charge in [-0.25, -0.2) is 8.42 Å².